The molecule has 3 rings (SSSR count). The number of anilines is 1. The zero-order valence-electron chi connectivity index (χ0n) is 13.6. The van der Waals surface area contributed by atoms with Crippen molar-refractivity contribution in [3.8, 4) is 0 Å². The molecule has 1 aromatic rings. The lowest BCUT2D eigenvalue weighted by molar-refractivity contribution is 0.315. The van der Waals surface area contributed by atoms with E-state index in [1.165, 1.54) is 17.7 Å². The lowest BCUT2D eigenvalue weighted by atomic mass is 10.0. The summed E-state index contributed by atoms with van der Waals surface area (Å²) in [4.78, 5) is 4.81. The minimum atomic E-state index is 0.653. The molecule has 1 atom stereocenters. The van der Waals surface area contributed by atoms with Crippen molar-refractivity contribution in [2.24, 2.45) is 5.10 Å². The van der Waals surface area contributed by atoms with E-state index in [9.17, 15) is 0 Å². The molecule has 1 aromatic carbocycles. The van der Waals surface area contributed by atoms with Crippen molar-refractivity contribution in [2.75, 3.05) is 32.1 Å². The Balaban J connectivity index is 1.79. The number of likely N-dealkylation sites (N-methyl/N-ethyl adjacent to an activating group) is 1. The van der Waals surface area contributed by atoms with Gasteiger partial charge in [0.05, 0.1) is 5.71 Å². The Morgan fingerprint density at radius 1 is 1.32 bits per heavy atom. The maximum absolute atomic E-state index is 4.34. The van der Waals surface area contributed by atoms with Crippen molar-refractivity contribution >= 4 is 11.4 Å². The molecule has 1 N–H and O–H groups in total. The topological polar surface area (TPSA) is 30.9 Å². The highest BCUT2D eigenvalue weighted by molar-refractivity contribution is 6.09. The number of nitrogens with one attached hydrogen (secondary N) is 1. The van der Waals surface area contributed by atoms with Crippen molar-refractivity contribution in [3.63, 3.8) is 0 Å². The molecule has 0 amide bonds. The molecule has 4 nitrogen and oxygen atoms in total. The van der Waals surface area contributed by atoms with Gasteiger partial charge in [0.1, 0.15) is 0 Å². The van der Waals surface area contributed by atoms with Gasteiger partial charge in [0.15, 0.2) is 0 Å². The predicted molar refractivity (Wildman–Crippen MR) is 93.4 cm³/mol. The van der Waals surface area contributed by atoms with Crippen molar-refractivity contribution in [2.45, 2.75) is 19.4 Å². The van der Waals surface area contributed by atoms with Crippen LogP contribution in [0.15, 0.2) is 47.7 Å². The molecule has 0 spiro atoms. The first kappa shape index (κ1) is 14.9. The van der Waals surface area contributed by atoms with Crippen molar-refractivity contribution in [1.82, 2.24) is 10.3 Å². The van der Waals surface area contributed by atoms with Crippen LogP contribution in [0.2, 0.25) is 0 Å². The number of hydrogen-bond donors (Lipinski definition) is 1. The zero-order chi connectivity index (χ0) is 15.7. The van der Waals surface area contributed by atoms with Gasteiger partial charge in [-0.1, -0.05) is 12.6 Å². The molecule has 0 saturated carbocycles. The second kappa shape index (κ2) is 5.97. The molecule has 0 unspecified atom stereocenters. The fourth-order valence-electron chi connectivity index (χ4n) is 3.10. The SMILES string of the molecule is C=C1C=CC(c2ccc(N3CC[C@@H](N(C)C)C3)c(C)c2)=NN1. The largest absolute Gasteiger partial charge is 0.370 e. The third kappa shape index (κ3) is 2.92. The maximum atomic E-state index is 4.34. The first-order valence-electron chi connectivity index (χ1n) is 7.77. The highest BCUT2D eigenvalue weighted by atomic mass is 15.3. The number of rotatable bonds is 3. The molecule has 0 aliphatic carbocycles. The monoisotopic (exact) mass is 296 g/mol. The van der Waals surface area contributed by atoms with Crippen LogP contribution in [-0.4, -0.2) is 43.8 Å². The second-order valence-corrected chi connectivity index (χ2v) is 6.32. The van der Waals surface area contributed by atoms with E-state index < -0.39 is 0 Å². The first-order chi connectivity index (χ1) is 10.5. The third-order valence-corrected chi connectivity index (χ3v) is 4.49. The van der Waals surface area contributed by atoms with E-state index in [4.69, 9.17) is 0 Å². The summed E-state index contributed by atoms with van der Waals surface area (Å²) in [5.74, 6) is 0. The first-order valence-corrected chi connectivity index (χ1v) is 7.77. The van der Waals surface area contributed by atoms with Crippen LogP contribution in [0.3, 0.4) is 0 Å². The molecule has 0 bridgehead atoms. The van der Waals surface area contributed by atoms with Gasteiger partial charge in [-0.2, -0.15) is 5.10 Å². The average molecular weight is 296 g/mol. The summed E-state index contributed by atoms with van der Waals surface area (Å²) in [5.41, 5.74) is 8.49. The van der Waals surface area contributed by atoms with Gasteiger partial charge in [0.25, 0.3) is 0 Å². The lowest BCUT2D eigenvalue weighted by Crippen LogP contribution is -2.31. The standard InChI is InChI=1S/C18H24N4/c1-13-11-15(17-7-5-14(2)19-20-17)6-8-18(13)22-10-9-16(12-22)21(3)4/h5-8,11,16,19H,2,9-10,12H2,1,3-4H3/t16-/m1/s1. The molecular formula is C18H24N4. The van der Waals surface area contributed by atoms with Crippen molar-refractivity contribution in [1.29, 1.82) is 0 Å². The Labute approximate surface area is 132 Å². The van der Waals surface area contributed by atoms with E-state index in [2.05, 4.69) is 66.1 Å². The van der Waals surface area contributed by atoms with E-state index in [0.29, 0.717) is 6.04 Å². The van der Waals surface area contributed by atoms with E-state index in [1.54, 1.807) is 0 Å². The molecule has 22 heavy (non-hydrogen) atoms. The van der Waals surface area contributed by atoms with Crippen LogP contribution in [-0.2, 0) is 0 Å². The summed E-state index contributed by atoms with van der Waals surface area (Å²) in [7, 11) is 4.33. The molecule has 0 radical (unpaired) electrons. The van der Waals surface area contributed by atoms with Crippen molar-refractivity contribution in [3.05, 3.63) is 53.8 Å². The molecule has 116 valence electrons. The third-order valence-electron chi connectivity index (χ3n) is 4.49. The quantitative estimate of drug-likeness (QED) is 0.930. The van der Waals surface area contributed by atoms with Crippen molar-refractivity contribution < 1.29 is 0 Å². The number of benzene rings is 1. The van der Waals surface area contributed by atoms with Gasteiger partial charge in [0, 0.05) is 36.1 Å². The average Bonchev–Trinajstić information content (AvgIpc) is 2.98. The summed E-state index contributed by atoms with van der Waals surface area (Å²) < 4.78 is 0. The molecule has 2 heterocycles. The van der Waals surface area contributed by atoms with E-state index in [1.807, 2.05) is 12.2 Å². The van der Waals surface area contributed by atoms with E-state index in [0.717, 1.165) is 30.1 Å². The minimum Gasteiger partial charge on any atom is -0.370 e. The van der Waals surface area contributed by atoms with Gasteiger partial charge in [-0.15, -0.1) is 0 Å². The normalized spacial score (nSPS) is 21.3. The Kier molecular flexibility index (Phi) is 4.03. The molecule has 1 saturated heterocycles. The fourth-order valence-corrected chi connectivity index (χ4v) is 3.10. The van der Waals surface area contributed by atoms with Crippen LogP contribution in [0.4, 0.5) is 5.69 Å². The van der Waals surface area contributed by atoms with Crippen LogP contribution in [0, 0.1) is 6.92 Å². The van der Waals surface area contributed by atoms with Crippen LogP contribution in [0.5, 0.6) is 0 Å². The molecule has 2 aliphatic heterocycles. The Morgan fingerprint density at radius 2 is 2.14 bits per heavy atom. The van der Waals surface area contributed by atoms with Gasteiger partial charge in [-0.3, -0.25) is 5.43 Å². The van der Waals surface area contributed by atoms with Crippen LogP contribution < -0.4 is 10.3 Å². The minimum absolute atomic E-state index is 0.653. The van der Waals surface area contributed by atoms with Gasteiger partial charge in [-0.25, -0.2) is 0 Å². The number of hydrazone groups is 1. The fraction of sp³-hybridized carbons (Fsp3) is 0.389. The molecular weight excluding hydrogens is 272 g/mol. The summed E-state index contributed by atoms with van der Waals surface area (Å²) in [5, 5.41) is 4.34. The summed E-state index contributed by atoms with van der Waals surface area (Å²) in [6, 6.07) is 7.25. The number of hydrogen-bond acceptors (Lipinski definition) is 4. The summed E-state index contributed by atoms with van der Waals surface area (Å²) >= 11 is 0. The molecule has 1 fully saturated rings. The van der Waals surface area contributed by atoms with Gasteiger partial charge in [-0.05, 0) is 57.3 Å². The van der Waals surface area contributed by atoms with Crippen LogP contribution in [0.1, 0.15) is 17.5 Å². The molecule has 2 aliphatic rings. The smallest absolute Gasteiger partial charge is 0.0906 e. The van der Waals surface area contributed by atoms with Crippen LogP contribution >= 0.6 is 0 Å². The lowest BCUT2D eigenvalue weighted by Gasteiger charge is -2.23. The Bertz CT molecular complexity index is 642. The zero-order valence-corrected chi connectivity index (χ0v) is 13.6. The molecule has 4 heteroatoms. The number of allylic oxidation sites excluding steroid dienone is 2. The number of aryl methyl sites for hydroxylation is 1. The molecule has 0 aromatic heterocycles. The van der Waals surface area contributed by atoms with Gasteiger partial charge >= 0.3 is 0 Å². The Morgan fingerprint density at radius 3 is 2.73 bits per heavy atom. The maximum Gasteiger partial charge on any atom is 0.0906 e. The van der Waals surface area contributed by atoms with E-state index in [-0.39, 0.29) is 0 Å². The predicted octanol–water partition coefficient (Wildman–Crippen LogP) is 2.51. The Hall–Kier alpha value is -2.07. The highest BCUT2D eigenvalue weighted by Crippen LogP contribution is 2.27. The summed E-state index contributed by atoms with van der Waals surface area (Å²) in [6.45, 7) is 8.25. The summed E-state index contributed by atoms with van der Waals surface area (Å²) in [6.07, 6.45) is 5.19. The second-order valence-electron chi connectivity index (χ2n) is 6.32. The highest BCUT2D eigenvalue weighted by Gasteiger charge is 2.25. The van der Waals surface area contributed by atoms with E-state index >= 15 is 0 Å². The van der Waals surface area contributed by atoms with Gasteiger partial charge < -0.3 is 9.80 Å². The van der Waals surface area contributed by atoms with Gasteiger partial charge in [0.2, 0.25) is 0 Å². The van der Waals surface area contributed by atoms with Crippen LogP contribution in [0.25, 0.3) is 0 Å². The number of nitrogens with zero attached hydrogens (tertiary/aromatic N) is 3.